The molecule has 1 saturated carbocycles. The Hall–Kier alpha value is -1.12. The van der Waals surface area contributed by atoms with E-state index in [4.69, 9.17) is 0 Å². The molecule has 3 heteroatoms. The molecule has 0 spiro atoms. The SMILES string of the molecule is Cn1ccc(CC(=O)C2C(C)(C)C2(C)C)n1. The summed E-state index contributed by atoms with van der Waals surface area (Å²) in [6.45, 7) is 8.70. The van der Waals surface area contributed by atoms with E-state index in [2.05, 4.69) is 32.8 Å². The molecule has 0 aromatic carbocycles. The normalized spacial score (nSPS) is 22.1. The van der Waals surface area contributed by atoms with Crippen molar-refractivity contribution in [2.75, 3.05) is 0 Å². The highest BCUT2D eigenvalue weighted by Gasteiger charge is 2.67. The molecular weight excluding hydrogens is 200 g/mol. The molecule has 16 heavy (non-hydrogen) atoms. The Morgan fingerprint density at radius 1 is 1.38 bits per heavy atom. The average molecular weight is 220 g/mol. The Balaban J connectivity index is 2.06. The van der Waals surface area contributed by atoms with Crippen LogP contribution >= 0.6 is 0 Å². The van der Waals surface area contributed by atoms with E-state index >= 15 is 0 Å². The van der Waals surface area contributed by atoms with E-state index in [1.54, 1.807) is 4.68 Å². The van der Waals surface area contributed by atoms with Gasteiger partial charge in [0.15, 0.2) is 0 Å². The van der Waals surface area contributed by atoms with Crippen molar-refractivity contribution < 1.29 is 4.79 Å². The molecular formula is C13H20N2O. The molecule has 2 rings (SSSR count). The first-order chi connectivity index (χ1) is 7.26. The lowest BCUT2D eigenvalue weighted by Gasteiger charge is -2.03. The van der Waals surface area contributed by atoms with E-state index in [0.717, 1.165) is 5.69 Å². The molecule has 0 atom stereocenters. The summed E-state index contributed by atoms with van der Waals surface area (Å²) in [5, 5.41) is 4.25. The summed E-state index contributed by atoms with van der Waals surface area (Å²) in [7, 11) is 1.87. The first-order valence-electron chi connectivity index (χ1n) is 5.78. The van der Waals surface area contributed by atoms with Crippen molar-refractivity contribution in [2.24, 2.45) is 23.8 Å². The highest BCUT2D eigenvalue weighted by Crippen LogP contribution is 2.68. The number of ketones is 1. The van der Waals surface area contributed by atoms with Gasteiger partial charge in [-0.1, -0.05) is 27.7 Å². The average Bonchev–Trinajstić information content (AvgIpc) is 2.44. The van der Waals surface area contributed by atoms with Crippen molar-refractivity contribution in [3.05, 3.63) is 18.0 Å². The van der Waals surface area contributed by atoms with Gasteiger partial charge >= 0.3 is 0 Å². The maximum atomic E-state index is 12.2. The maximum Gasteiger partial charge on any atom is 0.143 e. The van der Waals surface area contributed by atoms with Crippen molar-refractivity contribution >= 4 is 5.78 Å². The third-order valence-corrected chi connectivity index (χ3v) is 4.47. The van der Waals surface area contributed by atoms with Gasteiger partial charge in [0.05, 0.1) is 12.1 Å². The largest absolute Gasteiger partial charge is 0.299 e. The molecule has 88 valence electrons. The van der Waals surface area contributed by atoms with Gasteiger partial charge in [-0.2, -0.15) is 5.10 Å². The zero-order chi connectivity index (χ0) is 12.1. The summed E-state index contributed by atoms with van der Waals surface area (Å²) in [6, 6.07) is 1.92. The zero-order valence-corrected chi connectivity index (χ0v) is 10.7. The molecule has 3 nitrogen and oxygen atoms in total. The molecule has 0 amide bonds. The van der Waals surface area contributed by atoms with Crippen LogP contribution in [0.5, 0.6) is 0 Å². The number of hydrogen-bond acceptors (Lipinski definition) is 2. The van der Waals surface area contributed by atoms with Gasteiger partial charge in [-0.05, 0) is 16.9 Å². The molecule has 0 radical (unpaired) electrons. The van der Waals surface area contributed by atoms with Crippen LogP contribution in [0, 0.1) is 16.7 Å². The standard InChI is InChI=1S/C13H20N2O/c1-12(2)11(13(12,3)4)10(16)8-9-6-7-15(5)14-9/h6-7,11H,8H2,1-5H3. The monoisotopic (exact) mass is 220 g/mol. The minimum absolute atomic E-state index is 0.138. The van der Waals surface area contributed by atoms with Crippen molar-refractivity contribution in [1.82, 2.24) is 9.78 Å². The number of rotatable bonds is 3. The van der Waals surface area contributed by atoms with Gasteiger partial charge < -0.3 is 0 Å². The van der Waals surface area contributed by atoms with Crippen LogP contribution in [0.3, 0.4) is 0 Å². The summed E-state index contributed by atoms with van der Waals surface area (Å²) >= 11 is 0. The fraction of sp³-hybridized carbons (Fsp3) is 0.692. The van der Waals surface area contributed by atoms with Crippen LogP contribution in [0.25, 0.3) is 0 Å². The van der Waals surface area contributed by atoms with Gasteiger partial charge in [-0.15, -0.1) is 0 Å². The molecule has 0 N–H and O–H groups in total. The highest BCUT2D eigenvalue weighted by molar-refractivity contribution is 5.87. The number of carbonyl (C=O) groups is 1. The van der Waals surface area contributed by atoms with Crippen molar-refractivity contribution in [2.45, 2.75) is 34.1 Å². The summed E-state index contributed by atoms with van der Waals surface area (Å²) in [5.74, 6) is 0.510. The molecule has 1 aromatic heterocycles. The second-order valence-electron chi connectivity index (χ2n) is 6.00. The Kier molecular flexibility index (Phi) is 2.26. The molecule has 1 aliphatic rings. The molecule has 1 aromatic rings. The number of aryl methyl sites for hydroxylation is 1. The van der Waals surface area contributed by atoms with Crippen molar-refractivity contribution in [3.63, 3.8) is 0 Å². The predicted molar refractivity (Wildman–Crippen MR) is 63.0 cm³/mol. The van der Waals surface area contributed by atoms with Crippen molar-refractivity contribution in [1.29, 1.82) is 0 Å². The lowest BCUT2D eigenvalue weighted by Crippen LogP contribution is -2.10. The van der Waals surface area contributed by atoms with Crippen LogP contribution in [0.2, 0.25) is 0 Å². The summed E-state index contributed by atoms with van der Waals surface area (Å²) in [5.41, 5.74) is 1.16. The fourth-order valence-corrected chi connectivity index (χ4v) is 2.84. The third kappa shape index (κ3) is 1.49. The van der Waals surface area contributed by atoms with E-state index < -0.39 is 0 Å². The minimum Gasteiger partial charge on any atom is -0.299 e. The molecule has 0 aliphatic heterocycles. The smallest absolute Gasteiger partial charge is 0.143 e. The molecule has 0 unspecified atom stereocenters. The van der Waals surface area contributed by atoms with Gasteiger partial charge in [0.25, 0.3) is 0 Å². The number of carbonyl (C=O) groups excluding carboxylic acids is 1. The Morgan fingerprint density at radius 2 is 1.94 bits per heavy atom. The number of hydrogen-bond donors (Lipinski definition) is 0. The topological polar surface area (TPSA) is 34.9 Å². The van der Waals surface area contributed by atoms with Crippen LogP contribution < -0.4 is 0 Å². The van der Waals surface area contributed by atoms with Crippen LogP contribution in [0.1, 0.15) is 33.4 Å². The van der Waals surface area contributed by atoms with E-state index in [0.29, 0.717) is 12.2 Å². The maximum absolute atomic E-state index is 12.2. The summed E-state index contributed by atoms with van der Waals surface area (Å²) in [6.07, 6.45) is 2.35. The quantitative estimate of drug-likeness (QED) is 0.782. The Morgan fingerprint density at radius 3 is 2.31 bits per heavy atom. The van der Waals surface area contributed by atoms with Gasteiger partial charge in [-0.25, -0.2) is 0 Å². The second kappa shape index (κ2) is 3.19. The first kappa shape index (κ1) is 11.4. The number of Topliss-reactive ketones (excluding diaryl/α,β-unsaturated/α-hetero) is 1. The van der Waals surface area contributed by atoms with Crippen molar-refractivity contribution in [3.8, 4) is 0 Å². The molecule has 1 aliphatic carbocycles. The lowest BCUT2D eigenvalue weighted by molar-refractivity contribution is -0.120. The molecule has 0 bridgehead atoms. The third-order valence-electron chi connectivity index (χ3n) is 4.47. The lowest BCUT2D eigenvalue weighted by atomic mass is 10.0. The Labute approximate surface area is 96.8 Å². The molecule has 0 saturated heterocycles. The molecule has 1 heterocycles. The van der Waals surface area contributed by atoms with Crippen LogP contribution in [-0.2, 0) is 18.3 Å². The zero-order valence-electron chi connectivity index (χ0n) is 10.7. The second-order valence-corrected chi connectivity index (χ2v) is 6.00. The number of aromatic nitrogens is 2. The Bertz CT molecular complexity index is 415. The predicted octanol–water partition coefficient (Wildman–Crippen LogP) is 2.21. The highest BCUT2D eigenvalue weighted by atomic mass is 16.1. The van der Waals surface area contributed by atoms with E-state index in [1.165, 1.54) is 0 Å². The first-order valence-corrected chi connectivity index (χ1v) is 5.78. The minimum atomic E-state index is 0.138. The van der Waals surface area contributed by atoms with Crippen LogP contribution in [0.15, 0.2) is 12.3 Å². The summed E-state index contributed by atoms with van der Waals surface area (Å²) in [4.78, 5) is 12.2. The van der Waals surface area contributed by atoms with Gasteiger partial charge in [0.1, 0.15) is 5.78 Å². The van der Waals surface area contributed by atoms with Gasteiger partial charge in [-0.3, -0.25) is 9.48 Å². The van der Waals surface area contributed by atoms with Gasteiger partial charge in [0, 0.05) is 19.2 Å². The van der Waals surface area contributed by atoms with E-state index in [9.17, 15) is 4.79 Å². The van der Waals surface area contributed by atoms with Crippen LogP contribution in [-0.4, -0.2) is 15.6 Å². The van der Waals surface area contributed by atoms with E-state index in [-0.39, 0.29) is 16.7 Å². The number of nitrogens with zero attached hydrogens (tertiary/aromatic N) is 2. The summed E-state index contributed by atoms with van der Waals surface area (Å²) < 4.78 is 1.74. The molecule has 1 fully saturated rings. The van der Waals surface area contributed by atoms with Gasteiger partial charge in [0.2, 0.25) is 0 Å². The van der Waals surface area contributed by atoms with Crippen LogP contribution in [0.4, 0.5) is 0 Å². The van der Waals surface area contributed by atoms with E-state index in [1.807, 2.05) is 19.3 Å². The fourth-order valence-electron chi connectivity index (χ4n) is 2.84.